The summed E-state index contributed by atoms with van der Waals surface area (Å²) < 4.78 is 437. The first-order valence-corrected chi connectivity index (χ1v) is 26.1. The summed E-state index contributed by atoms with van der Waals surface area (Å²) in [5, 5.41) is -2.57. The van der Waals surface area contributed by atoms with E-state index in [9.17, 15) is 17.6 Å². The molecule has 0 spiro atoms. The molecule has 2 nitrogen and oxygen atoms in total. The topological polar surface area (TPSA) is 7.76 Å². The second-order valence-corrected chi connectivity index (χ2v) is 22.8. The molecule has 2 aliphatic heterocycles. The van der Waals surface area contributed by atoms with Crippen molar-refractivity contribution in [1.82, 2.24) is 0 Å². The molecule has 442 valence electrons. The summed E-state index contributed by atoms with van der Waals surface area (Å²) in [5.74, 6) is -84.9. The highest BCUT2D eigenvalue weighted by atomic mass is 32.1. The highest BCUT2D eigenvalue weighted by molar-refractivity contribution is 7.29. The van der Waals surface area contributed by atoms with Gasteiger partial charge in [-0.15, -0.1) is 22.7 Å². The van der Waals surface area contributed by atoms with Gasteiger partial charge in [-0.1, -0.05) is 33.6 Å². The molecule has 2 aliphatic rings. The molecule has 0 amide bonds. The number of thiazole rings is 2. The van der Waals surface area contributed by atoms with Crippen LogP contribution in [-0.2, 0) is 0 Å². The van der Waals surface area contributed by atoms with Gasteiger partial charge in [-0.05, 0) is 46.1 Å². The van der Waals surface area contributed by atoms with Crippen LogP contribution in [0.1, 0.15) is 0 Å². The first-order valence-electron chi connectivity index (χ1n) is 22.8. The quantitative estimate of drug-likeness (QED) is 0.0650. The van der Waals surface area contributed by atoms with E-state index in [0.29, 0.717) is 35.1 Å². The first-order chi connectivity index (χ1) is 40.3. The van der Waals surface area contributed by atoms with E-state index in [4.69, 9.17) is 0 Å². The third kappa shape index (κ3) is 7.10. The van der Waals surface area contributed by atoms with Gasteiger partial charge >= 0.3 is 12.6 Å². The van der Waals surface area contributed by atoms with Crippen LogP contribution in [0.2, 0.25) is 0 Å². The first kappa shape index (κ1) is 58.5. The Balaban J connectivity index is 1.07. The molecular weight excluding hydrogens is 1310 g/mol. The van der Waals surface area contributed by atoms with E-state index < -0.39 is 239 Å². The van der Waals surface area contributed by atoms with E-state index >= 15 is 105 Å². The number of fused-ring (bicyclic) bond motifs is 6. The van der Waals surface area contributed by atoms with Crippen molar-refractivity contribution in [3.63, 3.8) is 0 Å². The zero-order valence-corrected chi connectivity index (χ0v) is 43.0. The third-order valence-electron chi connectivity index (χ3n) is 14.7. The Bertz CT molecular complexity index is 4250. The van der Waals surface area contributed by atoms with Crippen molar-refractivity contribution in [3.8, 4) is 50.4 Å². The lowest BCUT2D eigenvalue weighted by Gasteiger charge is -2.34. The van der Waals surface area contributed by atoms with Gasteiger partial charge < -0.3 is 8.96 Å². The SMILES string of the molecule is Fc1c(F)c(F)c([B-]2(c3c(F)c(F)c(F)c(F)c3F)c3c(F)c(F)c(F)c(F)c3-c3sc(-c4ccc(-c5ccc(-c6c[n+]7c(s6)-c6c(F)c(F)c(F)c(F)c6[B-]7(c6c(F)c(F)c(F)c(F)c6F)c6c(F)c(F)c(F)c(F)c6F)s5)s4)c[n+]32)c(F)c1F. The van der Waals surface area contributed by atoms with Crippen molar-refractivity contribution < 1.29 is 132 Å². The van der Waals surface area contributed by atoms with Gasteiger partial charge in [0.25, 0.3) is 0 Å². The van der Waals surface area contributed by atoms with Crippen LogP contribution in [-0.4, -0.2) is 12.6 Å². The predicted octanol–water partition coefficient (Wildman–Crippen LogP) is 12.4. The van der Waals surface area contributed by atoms with Crippen LogP contribution >= 0.6 is 45.3 Å². The highest BCUT2D eigenvalue weighted by Crippen LogP contribution is 2.47. The monoisotopic (exact) mass is 1320 g/mol. The van der Waals surface area contributed by atoms with E-state index in [0.717, 1.165) is 24.3 Å². The number of hydrogen-bond acceptors (Lipinski definition) is 4. The molecule has 86 heavy (non-hydrogen) atoms. The van der Waals surface area contributed by atoms with Crippen LogP contribution < -0.4 is 41.7 Å². The minimum absolute atomic E-state index is 0.0448. The molecule has 6 aromatic carbocycles. The van der Waals surface area contributed by atoms with Gasteiger partial charge in [0.2, 0.25) is 10.0 Å². The summed E-state index contributed by atoms with van der Waals surface area (Å²) in [6.07, 6.45) is -10.9. The third-order valence-corrected chi connectivity index (χ3v) is 19.7. The van der Waals surface area contributed by atoms with Crippen molar-refractivity contribution in [3.05, 3.63) is 200 Å². The van der Waals surface area contributed by atoms with Gasteiger partial charge in [0.1, 0.15) is 80.3 Å². The summed E-state index contributed by atoms with van der Waals surface area (Å²) >= 11 is 0.882. The second-order valence-electron chi connectivity index (χ2n) is 18.6. The Hall–Kier alpha value is -7.85. The average molecular weight is 1320 g/mol. The maximum absolute atomic E-state index is 16.4. The smallest absolute Gasteiger partial charge is 0.376 e. The van der Waals surface area contributed by atoms with E-state index in [2.05, 4.69) is 0 Å². The van der Waals surface area contributed by atoms with Crippen molar-refractivity contribution in [2.75, 3.05) is 0 Å². The maximum atomic E-state index is 16.4. The van der Waals surface area contributed by atoms with Crippen LogP contribution in [0.25, 0.3) is 50.4 Å². The number of rotatable bonds is 7. The molecule has 0 unspecified atom stereocenters. The number of nitrogens with zero attached hydrogens (tertiary/aromatic N) is 2. The Morgan fingerprint density at radius 1 is 0.198 bits per heavy atom. The molecule has 0 radical (unpaired) electrons. The zero-order valence-electron chi connectivity index (χ0n) is 39.7. The molecule has 0 N–H and O–H groups in total. The minimum Gasteiger partial charge on any atom is -0.397 e. The molecular formula is C50H6B2F28N2S4. The summed E-state index contributed by atoms with van der Waals surface area (Å²) in [6.45, 7) is 0. The maximum Gasteiger partial charge on any atom is 0.376 e. The summed E-state index contributed by atoms with van der Waals surface area (Å²) in [7, 11) is 0. The van der Waals surface area contributed by atoms with Crippen LogP contribution in [0.15, 0.2) is 36.7 Å². The molecule has 36 heteroatoms. The van der Waals surface area contributed by atoms with E-state index in [-0.39, 0.29) is 51.1 Å². The molecule has 12 rings (SSSR count). The highest BCUT2D eigenvalue weighted by Gasteiger charge is 2.64. The number of thiophene rings is 2. The predicted molar refractivity (Wildman–Crippen MR) is 250 cm³/mol. The number of hydrogen-bond donors (Lipinski definition) is 0. The van der Waals surface area contributed by atoms with Crippen LogP contribution in [0, 0.1) is 163 Å². The largest absolute Gasteiger partial charge is 0.397 e. The lowest BCUT2D eigenvalue weighted by atomic mass is 9.24. The fourth-order valence-electron chi connectivity index (χ4n) is 11.3. The Kier molecular flexibility index (Phi) is 13.2. The molecule has 0 fully saturated rings. The van der Waals surface area contributed by atoms with Gasteiger partial charge in [-0.2, -0.15) is 0 Å². The van der Waals surface area contributed by atoms with Crippen molar-refractivity contribution in [1.29, 1.82) is 0 Å². The Morgan fingerprint density at radius 3 is 0.593 bits per heavy atom. The summed E-state index contributed by atoms with van der Waals surface area (Å²) in [5.41, 5.74) is -18.9. The average Bonchev–Trinajstić information content (AvgIpc) is 1.47. The summed E-state index contributed by atoms with van der Waals surface area (Å²) in [6, 6.07) is 4.27. The van der Waals surface area contributed by atoms with Crippen LogP contribution in [0.5, 0.6) is 0 Å². The van der Waals surface area contributed by atoms with Crippen LogP contribution in [0.3, 0.4) is 0 Å². The van der Waals surface area contributed by atoms with E-state index in [1.165, 1.54) is 0 Å². The van der Waals surface area contributed by atoms with E-state index in [1.54, 1.807) is 0 Å². The van der Waals surface area contributed by atoms with Crippen molar-refractivity contribution in [2.45, 2.75) is 0 Å². The van der Waals surface area contributed by atoms with E-state index in [1.807, 2.05) is 0 Å². The fourth-order valence-corrected chi connectivity index (χ4v) is 16.0. The summed E-state index contributed by atoms with van der Waals surface area (Å²) in [4.78, 5) is -1.93. The van der Waals surface area contributed by atoms with Gasteiger partial charge in [-0.3, -0.25) is 0 Å². The van der Waals surface area contributed by atoms with Crippen LogP contribution in [0.4, 0.5) is 123 Å². The van der Waals surface area contributed by atoms with Crippen molar-refractivity contribution in [2.24, 2.45) is 0 Å². The second kappa shape index (κ2) is 19.3. The number of benzene rings is 6. The molecule has 0 saturated carbocycles. The normalized spacial score (nSPS) is 13.8. The van der Waals surface area contributed by atoms with Gasteiger partial charge in [0, 0.05) is 9.75 Å². The number of aromatic nitrogens is 2. The van der Waals surface area contributed by atoms with Crippen molar-refractivity contribution >= 4 is 90.7 Å². The molecule has 4 aromatic heterocycles. The standard InChI is InChI=1S/C50H6B2F28N2S4/c53-21-13-15(23(55)35(67)33(21)65)51(17-25(57)37(69)45(77)38(70)26(17)58,18-27(59)39(71)46(78)40(72)28(18)60)81-5-11(85-49(13)81)9-3-1-7(83-9)8-2-4-10(84-8)12-6-82-50(86-12)14-16(24(56)36(68)34(66)22(14)54)52(82,19-29(61)41(73)47(79)42(74)30(19)62)20-31(63)43(75)48(80)44(76)32(20)64/h1-6H. The molecule has 6 heterocycles. The molecule has 0 saturated heterocycles. The van der Waals surface area contributed by atoms with Gasteiger partial charge in [-0.25, -0.2) is 123 Å². The van der Waals surface area contributed by atoms with Gasteiger partial charge in [0.05, 0.1) is 20.9 Å². The molecule has 0 atom stereocenters. The molecule has 10 aromatic rings. The van der Waals surface area contributed by atoms with Gasteiger partial charge in [0.15, 0.2) is 105 Å². The lowest BCUT2D eigenvalue weighted by molar-refractivity contribution is -0.519. The lowest BCUT2D eigenvalue weighted by Crippen LogP contribution is -2.85. The fraction of sp³-hybridized carbons (Fsp3) is 0. The number of halogens is 28. The Morgan fingerprint density at radius 2 is 0.372 bits per heavy atom. The Labute approximate surface area is 470 Å². The zero-order chi connectivity index (χ0) is 62.6. The molecule has 0 aliphatic carbocycles. The minimum atomic E-state index is -5.81. The molecule has 0 bridgehead atoms.